The molecular formula is C24H26N2O3. The summed E-state index contributed by atoms with van der Waals surface area (Å²) in [7, 11) is 1.61. The normalized spacial score (nSPS) is 14.7. The summed E-state index contributed by atoms with van der Waals surface area (Å²) in [6.07, 6.45) is 3.62. The standard InChI is InChI=1S/C24H26N2O3/c1-15(2)29-18-13-21(19-6-5-11-25-22(19)14-18)24(9-10-24)26-23(27)20-12-17(28-4)8-7-16(20)3/h5-8,11-15H,9-10H2,1-4H3,(H,26,27). The minimum absolute atomic E-state index is 0.0631. The Hall–Kier alpha value is -3.08. The molecule has 0 bridgehead atoms. The number of ether oxygens (including phenoxy) is 2. The van der Waals surface area contributed by atoms with Crippen molar-refractivity contribution in [2.75, 3.05) is 7.11 Å². The van der Waals surface area contributed by atoms with Crippen molar-refractivity contribution in [3.05, 3.63) is 65.4 Å². The molecule has 29 heavy (non-hydrogen) atoms. The number of benzene rings is 2. The fraction of sp³-hybridized carbons (Fsp3) is 0.333. The predicted octanol–water partition coefficient (Wildman–Crippen LogP) is 4.76. The first-order valence-electron chi connectivity index (χ1n) is 9.95. The van der Waals surface area contributed by atoms with Gasteiger partial charge in [0, 0.05) is 23.2 Å². The highest BCUT2D eigenvalue weighted by molar-refractivity contribution is 5.97. The average molecular weight is 390 g/mol. The molecule has 5 nitrogen and oxygen atoms in total. The second kappa shape index (κ2) is 7.39. The zero-order valence-electron chi connectivity index (χ0n) is 17.3. The molecule has 1 saturated carbocycles. The van der Waals surface area contributed by atoms with Crippen LogP contribution in [0.5, 0.6) is 11.5 Å². The Morgan fingerprint density at radius 2 is 1.93 bits per heavy atom. The maximum Gasteiger partial charge on any atom is 0.252 e. The van der Waals surface area contributed by atoms with Crippen LogP contribution < -0.4 is 14.8 Å². The number of pyridine rings is 1. The fourth-order valence-electron chi connectivity index (χ4n) is 3.74. The number of carbonyl (C=O) groups is 1. The molecule has 5 heteroatoms. The molecule has 1 aromatic heterocycles. The third kappa shape index (κ3) is 3.77. The van der Waals surface area contributed by atoms with Gasteiger partial charge in [-0.1, -0.05) is 12.1 Å². The summed E-state index contributed by atoms with van der Waals surface area (Å²) < 4.78 is 11.3. The number of carbonyl (C=O) groups excluding carboxylic acids is 1. The summed E-state index contributed by atoms with van der Waals surface area (Å²) in [5.41, 5.74) is 3.09. The van der Waals surface area contributed by atoms with Crippen molar-refractivity contribution in [2.45, 2.75) is 45.3 Å². The highest BCUT2D eigenvalue weighted by atomic mass is 16.5. The SMILES string of the molecule is COc1ccc(C)c(C(=O)NC2(c3cc(OC(C)C)cc4ncccc34)CC2)c1. The highest BCUT2D eigenvalue weighted by Gasteiger charge is 2.47. The van der Waals surface area contributed by atoms with Gasteiger partial charge in [0.2, 0.25) is 0 Å². The molecule has 1 heterocycles. The van der Waals surface area contributed by atoms with Gasteiger partial charge in [-0.15, -0.1) is 0 Å². The Balaban J connectivity index is 1.73. The van der Waals surface area contributed by atoms with E-state index in [1.165, 1.54) is 0 Å². The van der Waals surface area contributed by atoms with Crippen LogP contribution >= 0.6 is 0 Å². The maximum atomic E-state index is 13.1. The predicted molar refractivity (Wildman–Crippen MR) is 114 cm³/mol. The quantitative estimate of drug-likeness (QED) is 0.659. The Labute approximate surface area is 171 Å². The summed E-state index contributed by atoms with van der Waals surface area (Å²) >= 11 is 0. The van der Waals surface area contributed by atoms with Gasteiger partial charge in [-0.3, -0.25) is 9.78 Å². The van der Waals surface area contributed by atoms with Gasteiger partial charge >= 0.3 is 0 Å². The van der Waals surface area contributed by atoms with Crippen LogP contribution in [0.4, 0.5) is 0 Å². The van der Waals surface area contributed by atoms with Gasteiger partial charge in [-0.05, 0) is 69.0 Å². The van der Waals surface area contributed by atoms with Crippen LogP contribution in [-0.4, -0.2) is 24.1 Å². The first-order chi connectivity index (χ1) is 13.9. The molecule has 1 aliphatic carbocycles. The molecule has 1 N–H and O–H groups in total. The third-order valence-electron chi connectivity index (χ3n) is 5.37. The second-order valence-corrected chi connectivity index (χ2v) is 7.92. The van der Waals surface area contributed by atoms with E-state index in [2.05, 4.69) is 22.4 Å². The van der Waals surface area contributed by atoms with Crippen LogP contribution in [0.3, 0.4) is 0 Å². The molecule has 0 saturated heterocycles. The van der Waals surface area contributed by atoms with Crippen LogP contribution in [0, 0.1) is 6.92 Å². The number of methoxy groups -OCH3 is 1. The van der Waals surface area contributed by atoms with E-state index in [9.17, 15) is 4.79 Å². The summed E-state index contributed by atoms with van der Waals surface area (Å²) in [4.78, 5) is 17.7. The van der Waals surface area contributed by atoms with Gasteiger partial charge in [0.15, 0.2) is 0 Å². The van der Waals surface area contributed by atoms with E-state index in [4.69, 9.17) is 9.47 Å². The lowest BCUT2D eigenvalue weighted by atomic mass is 9.97. The molecule has 150 valence electrons. The molecule has 0 aliphatic heterocycles. The van der Waals surface area contributed by atoms with Crippen molar-refractivity contribution in [2.24, 2.45) is 0 Å². The summed E-state index contributed by atoms with van der Waals surface area (Å²) in [5.74, 6) is 1.36. The van der Waals surface area contributed by atoms with E-state index in [1.807, 2.05) is 45.0 Å². The molecule has 0 unspecified atom stereocenters. The maximum absolute atomic E-state index is 13.1. The van der Waals surface area contributed by atoms with Crippen LogP contribution in [0.2, 0.25) is 0 Å². The smallest absolute Gasteiger partial charge is 0.252 e. The van der Waals surface area contributed by atoms with Gasteiger partial charge in [0.25, 0.3) is 5.91 Å². The minimum Gasteiger partial charge on any atom is -0.497 e. The van der Waals surface area contributed by atoms with Crippen LogP contribution in [0.1, 0.15) is 48.2 Å². The zero-order chi connectivity index (χ0) is 20.6. The van der Waals surface area contributed by atoms with Gasteiger partial charge < -0.3 is 14.8 Å². The topological polar surface area (TPSA) is 60.5 Å². The van der Waals surface area contributed by atoms with Crippen molar-refractivity contribution < 1.29 is 14.3 Å². The second-order valence-electron chi connectivity index (χ2n) is 7.92. The van der Waals surface area contributed by atoms with Crippen molar-refractivity contribution in [3.8, 4) is 11.5 Å². The lowest BCUT2D eigenvalue weighted by molar-refractivity contribution is 0.0930. The van der Waals surface area contributed by atoms with E-state index in [1.54, 1.807) is 19.4 Å². The van der Waals surface area contributed by atoms with Crippen molar-refractivity contribution in [3.63, 3.8) is 0 Å². The van der Waals surface area contributed by atoms with E-state index in [0.717, 1.165) is 40.6 Å². The van der Waals surface area contributed by atoms with Gasteiger partial charge in [-0.2, -0.15) is 0 Å². The van der Waals surface area contributed by atoms with Gasteiger partial charge in [-0.25, -0.2) is 0 Å². The molecule has 4 rings (SSSR count). The molecule has 3 aromatic rings. The van der Waals surface area contributed by atoms with E-state index in [-0.39, 0.29) is 12.0 Å². The number of nitrogens with zero attached hydrogens (tertiary/aromatic N) is 1. The lowest BCUT2D eigenvalue weighted by Crippen LogP contribution is -2.35. The number of hydrogen-bond donors (Lipinski definition) is 1. The first kappa shape index (κ1) is 19.2. The number of aromatic nitrogens is 1. The molecule has 0 spiro atoms. The molecule has 0 radical (unpaired) electrons. The number of aryl methyl sites for hydroxylation is 1. The number of nitrogens with one attached hydrogen (secondary N) is 1. The molecule has 1 amide bonds. The molecule has 1 aliphatic rings. The van der Waals surface area contributed by atoms with Crippen molar-refractivity contribution in [1.29, 1.82) is 0 Å². The highest BCUT2D eigenvalue weighted by Crippen LogP contribution is 2.49. The Kier molecular flexibility index (Phi) is 4.91. The molecule has 2 aromatic carbocycles. The number of hydrogen-bond acceptors (Lipinski definition) is 4. The van der Waals surface area contributed by atoms with Crippen LogP contribution in [-0.2, 0) is 5.54 Å². The Bertz CT molecular complexity index is 1070. The first-order valence-corrected chi connectivity index (χ1v) is 9.95. The van der Waals surface area contributed by atoms with E-state index < -0.39 is 5.54 Å². The Morgan fingerprint density at radius 1 is 1.14 bits per heavy atom. The van der Waals surface area contributed by atoms with Crippen LogP contribution in [0.15, 0.2) is 48.7 Å². The van der Waals surface area contributed by atoms with Crippen molar-refractivity contribution in [1.82, 2.24) is 10.3 Å². The van der Waals surface area contributed by atoms with Crippen LogP contribution in [0.25, 0.3) is 10.9 Å². The largest absolute Gasteiger partial charge is 0.497 e. The van der Waals surface area contributed by atoms with E-state index in [0.29, 0.717) is 11.3 Å². The summed E-state index contributed by atoms with van der Waals surface area (Å²) in [5, 5.41) is 4.33. The zero-order valence-corrected chi connectivity index (χ0v) is 17.3. The molecule has 1 fully saturated rings. The van der Waals surface area contributed by atoms with Gasteiger partial charge in [0.05, 0.1) is 24.3 Å². The average Bonchev–Trinajstić information content (AvgIpc) is 3.47. The monoisotopic (exact) mass is 390 g/mol. The molecular weight excluding hydrogens is 364 g/mol. The molecule has 0 atom stereocenters. The van der Waals surface area contributed by atoms with E-state index >= 15 is 0 Å². The van der Waals surface area contributed by atoms with Crippen molar-refractivity contribution >= 4 is 16.8 Å². The number of amides is 1. The van der Waals surface area contributed by atoms with Gasteiger partial charge in [0.1, 0.15) is 11.5 Å². The number of fused-ring (bicyclic) bond motifs is 1. The lowest BCUT2D eigenvalue weighted by Gasteiger charge is -2.22. The number of rotatable bonds is 6. The summed E-state index contributed by atoms with van der Waals surface area (Å²) in [6.45, 7) is 5.94. The fourth-order valence-corrected chi connectivity index (χ4v) is 3.74. The summed E-state index contributed by atoms with van der Waals surface area (Å²) in [6, 6.07) is 13.6. The third-order valence-corrected chi connectivity index (χ3v) is 5.37. The minimum atomic E-state index is -0.399. The Morgan fingerprint density at radius 3 is 2.62 bits per heavy atom.